The fourth-order valence-electron chi connectivity index (χ4n) is 2.41. The number of hydrogen-bond acceptors (Lipinski definition) is 4. The van der Waals surface area contributed by atoms with Crippen LogP contribution in [0, 0.1) is 13.8 Å². The van der Waals surface area contributed by atoms with Crippen LogP contribution in [0.25, 0.3) is 0 Å². The number of hydrogen-bond donors (Lipinski definition) is 1. The fraction of sp³-hybridized carbons (Fsp3) is 0.800. The van der Waals surface area contributed by atoms with E-state index in [-0.39, 0.29) is 0 Å². The summed E-state index contributed by atoms with van der Waals surface area (Å²) < 4.78 is 12.3. The topological polar surface area (TPSA) is 48.3 Å². The average Bonchev–Trinajstić information content (AvgIpc) is 2.66. The molecule has 0 amide bonds. The molecule has 0 bridgehead atoms. The van der Waals surface area contributed by atoms with Crippen LogP contribution < -0.4 is 5.32 Å². The zero-order valence-corrected chi connectivity index (χ0v) is 13.5. The molecule has 0 aliphatic rings. The maximum absolute atomic E-state index is 5.44. The molecule has 1 rings (SSSR count). The maximum Gasteiger partial charge on any atom is 0.0700 e. The van der Waals surface area contributed by atoms with Crippen molar-refractivity contribution in [3.63, 3.8) is 0 Å². The zero-order chi connectivity index (χ0) is 15.0. The molecule has 116 valence electrons. The van der Waals surface area contributed by atoms with E-state index in [1.807, 2.05) is 11.7 Å². The minimum atomic E-state index is 0.345. The Morgan fingerprint density at radius 3 is 2.55 bits per heavy atom. The van der Waals surface area contributed by atoms with Gasteiger partial charge < -0.3 is 14.8 Å². The zero-order valence-electron chi connectivity index (χ0n) is 13.5. The molecule has 1 atom stereocenters. The van der Waals surface area contributed by atoms with Crippen molar-refractivity contribution in [1.29, 1.82) is 0 Å². The van der Waals surface area contributed by atoms with Crippen LogP contribution in [0.2, 0.25) is 0 Å². The summed E-state index contributed by atoms with van der Waals surface area (Å²) in [6, 6.07) is 0.345. The van der Waals surface area contributed by atoms with Gasteiger partial charge in [0.2, 0.25) is 0 Å². The van der Waals surface area contributed by atoms with Gasteiger partial charge in [0.1, 0.15) is 0 Å². The third kappa shape index (κ3) is 5.23. The lowest BCUT2D eigenvalue weighted by atomic mass is 10.1. The van der Waals surface area contributed by atoms with Crippen molar-refractivity contribution >= 4 is 0 Å². The number of nitrogens with zero attached hydrogens (tertiary/aromatic N) is 2. The lowest BCUT2D eigenvalue weighted by Gasteiger charge is -2.14. The van der Waals surface area contributed by atoms with Gasteiger partial charge in [0.15, 0.2) is 0 Å². The van der Waals surface area contributed by atoms with Gasteiger partial charge in [-0.1, -0.05) is 0 Å². The van der Waals surface area contributed by atoms with Gasteiger partial charge in [0.25, 0.3) is 0 Å². The van der Waals surface area contributed by atoms with E-state index in [4.69, 9.17) is 9.47 Å². The Balaban J connectivity index is 2.19. The van der Waals surface area contributed by atoms with Crippen LogP contribution in [0.3, 0.4) is 0 Å². The van der Waals surface area contributed by atoms with E-state index >= 15 is 0 Å². The Kier molecular flexibility index (Phi) is 7.80. The first-order chi connectivity index (χ1) is 9.57. The highest BCUT2D eigenvalue weighted by molar-refractivity contribution is 5.27. The van der Waals surface area contributed by atoms with Crippen molar-refractivity contribution in [1.82, 2.24) is 15.1 Å². The van der Waals surface area contributed by atoms with Gasteiger partial charge in [0.05, 0.1) is 18.9 Å². The summed E-state index contributed by atoms with van der Waals surface area (Å²) in [6.07, 6.45) is 2.20. The predicted octanol–water partition coefficient (Wildman–Crippen LogP) is 2.13. The highest BCUT2D eigenvalue weighted by Crippen LogP contribution is 2.20. The Morgan fingerprint density at radius 2 is 1.95 bits per heavy atom. The normalized spacial score (nSPS) is 12.8. The molecule has 0 aliphatic heterocycles. The van der Waals surface area contributed by atoms with Crippen LogP contribution in [0.4, 0.5) is 0 Å². The molecule has 0 aliphatic carbocycles. The first-order valence-corrected chi connectivity index (χ1v) is 7.38. The molecular formula is C15H29N3O2. The number of methoxy groups -OCH3 is 1. The maximum atomic E-state index is 5.44. The van der Waals surface area contributed by atoms with Gasteiger partial charge in [0, 0.05) is 38.1 Å². The molecule has 5 nitrogen and oxygen atoms in total. The third-order valence-electron chi connectivity index (χ3n) is 3.60. The standard InChI is InChI=1S/C15H29N3O2/c1-12(15-13(2)17-18(4)14(15)3)16-8-6-7-9-20-11-10-19-5/h12,16H,6-11H2,1-5H3. The summed E-state index contributed by atoms with van der Waals surface area (Å²) in [6.45, 7) is 9.57. The summed E-state index contributed by atoms with van der Waals surface area (Å²) >= 11 is 0. The summed E-state index contributed by atoms with van der Waals surface area (Å²) in [5, 5.41) is 8.03. The quantitative estimate of drug-likeness (QED) is 0.668. The summed E-state index contributed by atoms with van der Waals surface area (Å²) in [5.74, 6) is 0. The van der Waals surface area contributed by atoms with Crippen LogP contribution in [-0.4, -0.2) is 43.3 Å². The van der Waals surface area contributed by atoms with E-state index in [0.717, 1.165) is 31.7 Å². The molecule has 1 heterocycles. The monoisotopic (exact) mass is 283 g/mol. The number of unbranched alkanes of at least 4 members (excludes halogenated alkanes) is 1. The van der Waals surface area contributed by atoms with Gasteiger partial charge in [-0.25, -0.2) is 0 Å². The molecule has 1 aromatic rings. The lowest BCUT2D eigenvalue weighted by Crippen LogP contribution is -2.21. The van der Waals surface area contributed by atoms with Crippen molar-refractivity contribution in [2.24, 2.45) is 7.05 Å². The Morgan fingerprint density at radius 1 is 1.20 bits per heavy atom. The Hall–Kier alpha value is -0.910. The highest BCUT2D eigenvalue weighted by atomic mass is 16.5. The fourth-order valence-corrected chi connectivity index (χ4v) is 2.41. The average molecular weight is 283 g/mol. The van der Waals surface area contributed by atoms with Crippen molar-refractivity contribution in [2.45, 2.75) is 39.7 Å². The number of aromatic nitrogens is 2. The molecule has 1 N–H and O–H groups in total. The van der Waals surface area contributed by atoms with Gasteiger partial charge in [-0.3, -0.25) is 4.68 Å². The second kappa shape index (κ2) is 9.10. The second-order valence-electron chi connectivity index (χ2n) is 5.20. The van der Waals surface area contributed by atoms with E-state index in [1.165, 1.54) is 11.3 Å². The molecular weight excluding hydrogens is 254 g/mol. The van der Waals surface area contributed by atoms with Crippen molar-refractivity contribution in [3.05, 3.63) is 17.0 Å². The number of aryl methyl sites for hydroxylation is 2. The van der Waals surface area contributed by atoms with Crippen molar-refractivity contribution in [3.8, 4) is 0 Å². The lowest BCUT2D eigenvalue weighted by molar-refractivity contribution is 0.0687. The summed E-state index contributed by atoms with van der Waals surface area (Å²) in [4.78, 5) is 0. The minimum absolute atomic E-state index is 0.345. The van der Waals surface area contributed by atoms with Gasteiger partial charge >= 0.3 is 0 Å². The van der Waals surface area contributed by atoms with Gasteiger partial charge in [-0.05, 0) is 40.2 Å². The molecule has 5 heteroatoms. The number of rotatable bonds is 10. The summed E-state index contributed by atoms with van der Waals surface area (Å²) in [7, 11) is 3.69. The molecule has 0 saturated heterocycles. The van der Waals surface area contributed by atoms with Crippen LogP contribution in [0.5, 0.6) is 0 Å². The Labute approximate surface area is 122 Å². The molecule has 0 aromatic carbocycles. The molecule has 0 radical (unpaired) electrons. The van der Waals surface area contributed by atoms with Crippen LogP contribution in [-0.2, 0) is 16.5 Å². The summed E-state index contributed by atoms with van der Waals surface area (Å²) in [5.41, 5.74) is 3.68. The predicted molar refractivity (Wildman–Crippen MR) is 81.0 cm³/mol. The number of ether oxygens (including phenoxy) is 2. The first-order valence-electron chi connectivity index (χ1n) is 7.38. The van der Waals surface area contributed by atoms with Crippen LogP contribution in [0.1, 0.15) is 42.8 Å². The third-order valence-corrected chi connectivity index (χ3v) is 3.60. The van der Waals surface area contributed by atoms with Gasteiger partial charge in [-0.15, -0.1) is 0 Å². The second-order valence-corrected chi connectivity index (χ2v) is 5.20. The van der Waals surface area contributed by atoms with E-state index < -0.39 is 0 Å². The molecule has 0 fully saturated rings. The molecule has 1 aromatic heterocycles. The largest absolute Gasteiger partial charge is 0.382 e. The van der Waals surface area contributed by atoms with Crippen molar-refractivity contribution in [2.75, 3.05) is 33.5 Å². The van der Waals surface area contributed by atoms with Crippen LogP contribution in [0.15, 0.2) is 0 Å². The molecule has 20 heavy (non-hydrogen) atoms. The van der Waals surface area contributed by atoms with Crippen molar-refractivity contribution < 1.29 is 9.47 Å². The van der Waals surface area contributed by atoms with Crippen LogP contribution >= 0.6 is 0 Å². The molecule has 0 spiro atoms. The smallest absolute Gasteiger partial charge is 0.0700 e. The van der Waals surface area contributed by atoms with E-state index in [9.17, 15) is 0 Å². The SMILES string of the molecule is COCCOCCCCNC(C)c1c(C)nn(C)c1C. The van der Waals surface area contributed by atoms with E-state index in [0.29, 0.717) is 19.3 Å². The van der Waals surface area contributed by atoms with Gasteiger partial charge in [-0.2, -0.15) is 5.10 Å². The minimum Gasteiger partial charge on any atom is -0.382 e. The Bertz CT molecular complexity index is 391. The van der Waals surface area contributed by atoms with E-state index in [2.05, 4.69) is 31.2 Å². The van der Waals surface area contributed by atoms with E-state index in [1.54, 1.807) is 7.11 Å². The molecule has 1 unspecified atom stereocenters. The molecule has 0 saturated carbocycles. The first kappa shape index (κ1) is 17.1. The highest BCUT2D eigenvalue weighted by Gasteiger charge is 2.15. The number of nitrogens with one attached hydrogen (secondary N) is 1.